The largest absolute Gasteiger partial charge is 0.357 e. The second-order valence-corrected chi connectivity index (χ2v) is 6.97. The second-order valence-electron chi connectivity index (χ2n) is 6.54. The molecule has 1 saturated heterocycles. The van der Waals surface area contributed by atoms with Crippen molar-refractivity contribution in [2.45, 2.75) is 39.3 Å². The van der Waals surface area contributed by atoms with Crippen LogP contribution < -0.4 is 10.6 Å². The molecule has 158 valence electrons. The molecule has 1 aromatic carbocycles. The molecule has 2 aromatic rings. The van der Waals surface area contributed by atoms with Gasteiger partial charge in [0.05, 0.1) is 0 Å². The molecule has 0 aliphatic carbocycles. The van der Waals surface area contributed by atoms with Crippen LogP contribution in [0, 0.1) is 0 Å². The maximum absolute atomic E-state index is 11.8. The summed E-state index contributed by atoms with van der Waals surface area (Å²) in [5.41, 5.74) is 0.833. The second kappa shape index (κ2) is 11.3. The van der Waals surface area contributed by atoms with Crippen LogP contribution in [0.4, 0.5) is 0 Å². The van der Waals surface area contributed by atoms with E-state index in [1.807, 2.05) is 30.9 Å². The molecular formula is C19H26ClIN6O2. The monoisotopic (exact) mass is 532 g/mol. The predicted molar refractivity (Wildman–Crippen MR) is 123 cm³/mol. The Kier molecular flexibility index (Phi) is 9.15. The van der Waals surface area contributed by atoms with E-state index in [1.54, 1.807) is 12.1 Å². The Morgan fingerprint density at radius 2 is 2.10 bits per heavy atom. The van der Waals surface area contributed by atoms with Crippen molar-refractivity contribution in [2.24, 2.45) is 4.99 Å². The first-order valence-corrected chi connectivity index (χ1v) is 9.88. The Morgan fingerprint density at radius 3 is 2.79 bits per heavy atom. The van der Waals surface area contributed by atoms with Crippen LogP contribution in [-0.4, -0.2) is 52.6 Å². The van der Waals surface area contributed by atoms with E-state index in [9.17, 15) is 4.79 Å². The maximum Gasteiger partial charge on any atom is 0.248 e. The van der Waals surface area contributed by atoms with Crippen LogP contribution in [0.3, 0.4) is 0 Å². The number of carbonyl (C=O) groups excluding carboxylic acids is 1. The molecule has 1 aliphatic rings. The van der Waals surface area contributed by atoms with Gasteiger partial charge in [0.2, 0.25) is 17.6 Å². The van der Waals surface area contributed by atoms with Gasteiger partial charge in [-0.1, -0.05) is 23.7 Å². The van der Waals surface area contributed by atoms with Gasteiger partial charge in [0, 0.05) is 42.7 Å². The molecule has 0 spiro atoms. The predicted octanol–water partition coefficient (Wildman–Crippen LogP) is 3.07. The molecule has 0 saturated carbocycles. The smallest absolute Gasteiger partial charge is 0.248 e. The highest BCUT2D eigenvalue weighted by Crippen LogP contribution is 2.18. The van der Waals surface area contributed by atoms with Crippen LogP contribution in [0.2, 0.25) is 5.02 Å². The lowest BCUT2D eigenvalue weighted by atomic mass is 10.2. The third-order valence-corrected chi connectivity index (χ3v) is 4.72. The van der Waals surface area contributed by atoms with Crippen molar-refractivity contribution in [3.8, 4) is 11.4 Å². The number of benzene rings is 1. The van der Waals surface area contributed by atoms with Crippen molar-refractivity contribution < 1.29 is 9.32 Å². The number of guanidine groups is 1. The van der Waals surface area contributed by atoms with Crippen LogP contribution >= 0.6 is 35.6 Å². The van der Waals surface area contributed by atoms with Gasteiger partial charge >= 0.3 is 0 Å². The van der Waals surface area contributed by atoms with Gasteiger partial charge in [0.1, 0.15) is 6.54 Å². The minimum atomic E-state index is 0. The number of halogens is 2. The lowest BCUT2D eigenvalue weighted by molar-refractivity contribution is -0.129. The zero-order valence-electron chi connectivity index (χ0n) is 16.5. The molecule has 8 nitrogen and oxygen atoms in total. The standard InChI is InChI=1S/C19H25ClN6O2.HI/c1-3-17(27)26-10-9-15(12-26)23-19(21-4-2)22-11-16-24-18(25-28-16)13-5-7-14(20)8-6-13;/h5-8,15H,3-4,9-12H2,1-2H3,(H2,21,22,23);1H. The minimum absolute atomic E-state index is 0. The normalized spacial score (nSPS) is 16.4. The average molecular weight is 533 g/mol. The number of aliphatic imine (C=N–C) groups is 1. The van der Waals surface area contributed by atoms with Crippen LogP contribution in [-0.2, 0) is 11.3 Å². The van der Waals surface area contributed by atoms with E-state index in [1.165, 1.54) is 0 Å². The van der Waals surface area contributed by atoms with Crippen LogP contribution in [0.1, 0.15) is 32.6 Å². The van der Waals surface area contributed by atoms with Gasteiger partial charge in [0.15, 0.2) is 5.96 Å². The van der Waals surface area contributed by atoms with Gasteiger partial charge in [-0.2, -0.15) is 4.98 Å². The Morgan fingerprint density at radius 1 is 1.34 bits per heavy atom. The van der Waals surface area contributed by atoms with Crippen LogP contribution in [0.5, 0.6) is 0 Å². The molecule has 0 radical (unpaired) electrons. The molecule has 2 heterocycles. The van der Waals surface area contributed by atoms with E-state index < -0.39 is 0 Å². The molecule has 3 rings (SSSR count). The number of nitrogens with one attached hydrogen (secondary N) is 2. The summed E-state index contributed by atoms with van der Waals surface area (Å²) < 4.78 is 5.30. The first kappa shape index (κ1) is 23.4. The number of likely N-dealkylation sites (tertiary alicyclic amines) is 1. The van der Waals surface area contributed by atoms with E-state index in [-0.39, 0.29) is 42.5 Å². The van der Waals surface area contributed by atoms with Gasteiger partial charge in [0.25, 0.3) is 0 Å². The van der Waals surface area contributed by atoms with Gasteiger partial charge in [-0.25, -0.2) is 4.99 Å². The van der Waals surface area contributed by atoms with Crippen LogP contribution in [0.15, 0.2) is 33.8 Å². The Hall–Kier alpha value is -1.88. The fraction of sp³-hybridized carbons (Fsp3) is 0.474. The number of aromatic nitrogens is 2. The first-order chi connectivity index (χ1) is 13.6. The Balaban J connectivity index is 0.00000300. The summed E-state index contributed by atoms with van der Waals surface area (Å²) in [7, 11) is 0. The van der Waals surface area contributed by atoms with Crippen molar-refractivity contribution in [3.63, 3.8) is 0 Å². The zero-order valence-corrected chi connectivity index (χ0v) is 19.6. The van der Waals surface area contributed by atoms with E-state index >= 15 is 0 Å². The fourth-order valence-electron chi connectivity index (χ4n) is 3.02. The number of hydrogen-bond donors (Lipinski definition) is 2. The maximum atomic E-state index is 11.8. The van der Waals surface area contributed by atoms with Crippen LogP contribution in [0.25, 0.3) is 11.4 Å². The summed E-state index contributed by atoms with van der Waals surface area (Å²) in [6, 6.07) is 7.43. The average Bonchev–Trinajstić information content (AvgIpc) is 3.36. The Bertz CT molecular complexity index is 826. The molecule has 2 N–H and O–H groups in total. The lowest BCUT2D eigenvalue weighted by Crippen LogP contribution is -2.45. The molecule has 1 fully saturated rings. The minimum Gasteiger partial charge on any atom is -0.357 e. The summed E-state index contributed by atoms with van der Waals surface area (Å²) in [5, 5.41) is 11.3. The molecule has 1 amide bonds. The first-order valence-electron chi connectivity index (χ1n) is 9.50. The SMILES string of the molecule is CCNC(=NCc1nc(-c2ccc(Cl)cc2)no1)NC1CCN(C(=O)CC)C1.I. The van der Waals surface area contributed by atoms with Crippen molar-refractivity contribution in [1.82, 2.24) is 25.7 Å². The molecule has 1 unspecified atom stereocenters. The van der Waals surface area contributed by atoms with Crippen molar-refractivity contribution in [3.05, 3.63) is 35.2 Å². The quantitative estimate of drug-likeness (QED) is 0.337. The molecule has 1 aliphatic heterocycles. The summed E-state index contributed by atoms with van der Waals surface area (Å²) in [6.07, 6.45) is 1.44. The van der Waals surface area contributed by atoms with Gasteiger partial charge in [-0.05, 0) is 37.6 Å². The zero-order chi connectivity index (χ0) is 19.9. The number of hydrogen-bond acceptors (Lipinski definition) is 5. The molecule has 29 heavy (non-hydrogen) atoms. The van der Waals surface area contributed by atoms with E-state index in [4.69, 9.17) is 16.1 Å². The summed E-state index contributed by atoms with van der Waals surface area (Å²) >= 11 is 5.91. The highest BCUT2D eigenvalue weighted by atomic mass is 127. The van der Waals surface area contributed by atoms with Gasteiger partial charge in [-0.3, -0.25) is 4.79 Å². The van der Waals surface area contributed by atoms with E-state index in [2.05, 4.69) is 25.8 Å². The molecule has 1 atom stereocenters. The van der Waals surface area contributed by atoms with Crippen molar-refractivity contribution in [2.75, 3.05) is 19.6 Å². The summed E-state index contributed by atoms with van der Waals surface area (Å²) in [5.74, 6) is 1.79. The third-order valence-electron chi connectivity index (χ3n) is 4.47. The Labute approximate surface area is 192 Å². The van der Waals surface area contributed by atoms with Crippen molar-refractivity contribution >= 4 is 47.4 Å². The van der Waals surface area contributed by atoms with Gasteiger partial charge in [-0.15, -0.1) is 24.0 Å². The number of nitrogens with zero attached hydrogens (tertiary/aromatic N) is 4. The molecular weight excluding hydrogens is 507 g/mol. The van der Waals surface area contributed by atoms with E-state index in [0.717, 1.165) is 25.1 Å². The molecule has 0 bridgehead atoms. The fourth-order valence-corrected chi connectivity index (χ4v) is 3.15. The lowest BCUT2D eigenvalue weighted by Gasteiger charge is -2.18. The summed E-state index contributed by atoms with van der Waals surface area (Å²) in [4.78, 5) is 22.6. The summed E-state index contributed by atoms with van der Waals surface area (Å²) in [6.45, 7) is 6.36. The topological polar surface area (TPSA) is 95.7 Å². The number of amides is 1. The molecule has 1 aromatic heterocycles. The highest BCUT2D eigenvalue weighted by Gasteiger charge is 2.25. The number of rotatable bonds is 6. The van der Waals surface area contributed by atoms with E-state index in [0.29, 0.717) is 35.7 Å². The van der Waals surface area contributed by atoms with Crippen molar-refractivity contribution in [1.29, 1.82) is 0 Å². The number of carbonyl (C=O) groups is 1. The third kappa shape index (κ3) is 6.56. The molecule has 10 heteroatoms. The highest BCUT2D eigenvalue weighted by molar-refractivity contribution is 14.0. The van der Waals surface area contributed by atoms with Gasteiger partial charge < -0.3 is 20.1 Å².